The van der Waals surface area contributed by atoms with Crippen LogP contribution in [0, 0.1) is 0 Å². The summed E-state index contributed by atoms with van der Waals surface area (Å²) in [7, 11) is 1.50. The number of nitrogens with zero attached hydrogens (tertiary/aromatic N) is 1. The fraction of sp³-hybridized carbons (Fsp3) is 0.500. The van der Waals surface area contributed by atoms with Crippen LogP contribution in [0.4, 0.5) is 0 Å². The highest BCUT2D eigenvalue weighted by molar-refractivity contribution is 9.09. The first-order valence-electron chi connectivity index (χ1n) is 5.48. The van der Waals surface area contributed by atoms with Gasteiger partial charge in [-0.15, -0.1) is 0 Å². The Balaban J connectivity index is 2.69. The number of alkyl halides is 1. The third-order valence-corrected chi connectivity index (χ3v) is 2.64. The molecule has 1 heterocycles. The third-order valence-electron chi connectivity index (χ3n) is 2.26. The fourth-order valence-electron chi connectivity index (χ4n) is 1.57. The van der Waals surface area contributed by atoms with Crippen LogP contribution in [0.25, 0.3) is 0 Å². The van der Waals surface area contributed by atoms with Crippen LogP contribution >= 0.6 is 15.9 Å². The molecule has 1 amide bonds. The van der Waals surface area contributed by atoms with Gasteiger partial charge in [0.2, 0.25) is 5.88 Å². The summed E-state index contributed by atoms with van der Waals surface area (Å²) in [6.07, 6.45) is 2.47. The number of carbonyl (C=O) groups is 1. The maximum Gasteiger partial charge on any atom is 0.256 e. The first kappa shape index (κ1) is 14.0. The van der Waals surface area contributed by atoms with E-state index in [4.69, 9.17) is 4.74 Å². The van der Waals surface area contributed by atoms with Gasteiger partial charge in [-0.05, 0) is 25.5 Å². The van der Waals surface area contributed by atoms with E-state index < -0.39 is 0 Å². The summed E-state index contributed by atoms with van der Waals surface area (Å²) in [5, 5.41) is 2.91. The third kappa shape index (κ3) is 4.34. The number of hydrogen-bond acceptors (Lipinski definition) is 3. The van der Waals surface area contributed by atoms with E-state index in [1.54, 1.807) is 18.3 Å². The van der Waals surface area contributed by atoms with E-state index in [0.717, 1.165) is 6.42 Å². The number of amides is 1. The molecule has 0 saturated carbocycles. The van der Waals surface area contributed by atoms with Gasteiger partial charge in [0.1, 0.15) is 5.56 Å². The number of pyridine rings is 1. The minimum absolute atomic E-state index is 0.0989. The van der Waals surface area contributed by atoms with Crippen molar-refractivity contribution >= 4 is 21.8 Å². The van der Waals surface area contributed by atoms with Crippen molar-refractivity contribution in [1.82, 2.24) is 10.3 Å². The number of halogens is 1. The molecule has 0 aliphatic carbocycles. The molecule has 0 spiro atoms. The molecule has 5 heteroatoms. The molecule has 17 heavy (non-hydrogen) atoms. The molecule has 0 aromatic carbocycles. The molecule has 2 unspecified atom stereocenters. The first-order chi connectivity index (χ1) is 8.04. The Morgan fingerprint density at radius 3 is 2.88 bits per heavy atom. The Labute approximate surface area is 110 Å². The topological polar surface area (TPSA) is 51.2 Å². The second-order valence-electron chi connectivity index (χ2n) is 3.95. The highest BCUT2D eigenvalue weighted by atomic mass is 79.9. The first-order valence-corrected chi connectivity index (χ1v) is 6.40. The lowest BCUT2D eigenvalue weighted by atomic mass is 10.1. The maximum absolute atomic E-state index is 12.0. The zero-order valence-electron chi connectivity index (χ0n) is 10.2. The zero-order valence-corrected chi connectivity index (χ0v) is 11.8. The van der Waals surface area contributed by atoms with Gasteiger partial charge in [-0.3, -0.25) is 4.79 Å². The van der Waals surface area contributed by atoms with Crippen LogP contribution in [0.3, 0.4) is 0 Å². The molecular formula is C12H17BrN2O2. The number of carbonyl (C=O) groups excluding carboxylic acids is 1. The van der Waals surface area contributed by atoms with Gasteiger partial charge in [0.15, 0.2) is 0 Å². The Morgan fingerprint density at radius 1 is 1.59 bits per heavy atom. The molecule has 94 valence electrons. The second-order valence-corrected chi connectivity index (χ2v) is 5.51. The number of rotatable bonds is 5. The molecule has 0 radical (unpaired) electrons. The van der Waals surface area contributed by atoms with E-state index in [1.165, 1.54) is 7.11 Å². The molecule has 0 aliphatic rings. The summed E-state index contributed by atoms with van der Waals surface area (Å²) in [6.45, 7) is 4.02. The standard InChI is InChI=1S/C12H17BrN2O2/c1-8(13)7-9(2)15-11(16)10-5-4-6-14-12(10)17-3/h4-6,8-9H,7H2,1-3H3,(H,15,16). The highest BCUT2D eigenvalue weighted by Crippen LogP contribution is 2.14. The van der Waals surface area contributed by atoms with Crippen molar-refractivity contribution in [3.05, 3.63) is 23.9 Å². The van der Waals surface area contributed by atoms with Gasteiger partial charge in [-0.25, -0.2) is 4.98 Å². The van der Waals surface area contributed by atoms with Crippen molar-refractivity contribution in [2.75, 3.05) is 7.11 Å². The van der Waals surface area contributed by atoms with Crippen LogP contribution in [-0.2, 0) is 0 Å². The monoisotopic (exact) mass is 300 g/mol. The minimum Gasteiger partial charge on any atom is -0.480 e. The molecule has 2 atom stereocenters. The van der Waals surface area contributed by atoms with E-state index in [-0.39, 0.29) is 11.9 Å². The lowest BCUT2D eigenvalue weighted by Gasteiger charge is -2.15. The Hall–Kier alpha value is -1.10. The fourth-order valence-corrected chi connectivity index (χ4v) is 2.13. The number of ether oxygens (including phenoxy) is 1. The summed E-state index contributed by atoms with van der Waals surface area (Å²) in [5.41, 5.74) is 0.462. The summed E-state index contributed by atoms with van der Waals surface area (Å²) in [6, 6.07) is 3.52. The Bertz CT molecular complexity index is 383. The second kappa shape index (κ2) is 6.59. The van der Waals surface area contributed by atoms with Crippen molar-refractivity contribution in [3.8, 4) is 5.88 Å². The molecule has 0 saturated heterocycles. The maximum atomic E-state index is 12.0. The van der Waals surface area contributed by atoms with E-state index in [9.17, 15) is 4.79 Å². The van der Waals surface area contributed by atoms with Crippen molar-refractivity contribution in [3.63, 3.8) is 0 Å². The highest BCUT2D eigenvalue weighted by Gasteiger charge is 2.15. The van der Waals surface area contributed by atoms with Crippen LogP contribution < -0.4 is 10.1 Å². The average Bonchev–Trinajstić information content (AvgIpc) is 2.27. The van der Waals surface area contributed by atoms with E-state index in [2.05, 4.69) is 26.2 Å². The van der Waals surface area contributed by atoms with Gasteiger partial charge >= 0.3 is 0 Å². The number of nitrogens with one attached hydrogen (secondary N) is 1. The quantitative estimate of drug-likeness (QED) is 0.850. The lowest BCUT2D eigenvalue weighted by Crippen LogP contribution is -2.34. The Kier molecular flexibility index (Phi) is 5.41. The van der Waals surface area contributed by atoms with Gasteiger partial charge in [0.05, 0.1) is 7.11 Å². The predicted octanol–water partition coefficient (Wildman–Crippen LogP) is 2.38. The average molecular weight is 301 g/mol. The number of methoxy groups -OCH3 is 1. The minimum atomic E-state index is -0.157. The van der Waals surface area contributed by atoms with Gasteiger partial charge in [0, 0.05) is 17.1 Å². The number of aromatic nitrogens is 1. The molecule has 1 rings (SSSR count). The predicted molar refractivity (Wildman–Crippen MR) is 70.7 cm³/mol. The van der Waals surface area contributed by atoms with Gasteiger partial charge < -0.3 is 10.1 Å². The lowest BCUT2D eigenvalue weighted by molar-refractivity contribution is 0.0935. The Morgan fingerprint density at radius 2 is 2.29 bits per heavy atom. The zero-order chi connectivity index (χ0) is 12.8. The normalized spacial score (nSPS) is 13.9. The van der Waals surface area contributed by atoms with E-state index in [0.29, 0.717) is 16.3 Å². The summed E-state index contributed by atoms with van der Waals surface area (Å²) >= 11 is 3.46. The van der Waals surface area contributed by atoms with Gasteiger partial charge in [0.25, 0.3) is 5.91 Å². The van der Waals surface area contributed by atoms with Crippen molar-refractivity contribution in [2.24, 2.45) is 0 Å². The van der Waals surface area contributed by atoms with Crippen LogP contribution in [0.15, 0.2) is 18.3 Å². The summed E-state index contributed by atoms with van der Waals surface area (Å²) in [5.74, 6) is 0.194. The molecular weight excluding hydrogens is 284 g/mol. The van der Waals surface area contributed by atoms with Crippen LogP contribution in [0.1, 0.15) is 30.6 Å². The molecule has 1 aromatic rings. The van der Waals surface area contributed by atoms with Crippen LogP contribution in [0.5, 0.6) is 5.88 Å². The van der Waals surface area contributed by atoms with Gasteiger partial charge in [-0.2, -0.15) is 0 Å². The van der Waals surface area contributed by atoms with Crippen LogP contribution in [0.2, 0.25) is 0 Å². The van der Waals surface area contributed by atoms with Crippen molar-refractivity contribution in [2.45, 2.75) is 31.1 Å². The molecule has 0 bridgehead atoms. The summed E-state index contributed by atoms with van der Waals surface area (Å²) < 4.78 is 5.05. The number of hydrogen-bond donors (Lipinski definition) is 1. The van der Waals surface area contributed by atoms with Gasteiger partial charge in [-0.1, -0.05) is 22.9 Å². The van der Waals surface area contributed by atoms with Crippen molar-refractivity contribution < 1.29 is 9.53 Å². The largest absolute Gasteiger partial charge is 0.480 e. The van der Waals surface area contributed by atoms with E-state index in [1.807, 2.05) is 13.8 Å². The smallest absolute Gasteiger partial charge is 0.256 e. The molecule has 4 nitrogen and oxygen atoms in total. The van der Waals surface area contributed by atoms with E-state index >= 15 is 0 Å². The molecule has 1 N–H and O–H groups in total. The molecule has 0 aliphatic heterocycles. The molecule has 1 aromatic heterocycles. The molecule has 0 fully saturated rings. The SMILES string of the molecule is COc1ncccc1C(=O)NC(C)CC(C)Br. The van der Waals surface area contributed by atoms with Crippen LogP contribution in [-0.4, -0.2) is 28.9 Å². The summed E-state index contributed by atoms with van der Waals surface area (Å²) in [4.78, 5) is 16.3. The van der Waals surface area contributed by atoms with Crippen molar-refractivity contribution in [1.29, 1.82) is 0 Å².